The van der Waals surface area contributed by atoms with Gasteiger partial charge in [0.1, 0.15) is 0 Å². The molecule has 0 aliphatic heterocycles. The van der Waals surface area contributed by atoms with E-state index >= 15 is 0 Å². The number of nitrogens with one attached hydrogen (secondary N) is 2. The minimum Gasteiger partial charge on any atom is -0.361 e. The molecule has 0 spiro atoms. The Labute approximate surface area is 103 Å². The van der Waals surface area contributed by atoms with E-state index in [4.69, 9.17) is 0 Å². The van der Waals surface area contributed by atoms with Gasteiger partial charge >= 0.3 is 0 Å². The number of aromatic amines is 1. The number of aromatic nitrogens is 1. The molecule has 1 aromatic carbocycles. The third-order valence-electron chi connectivity index (χ3n) is 3.19. The molecule has 1 heterocycles. The topological polar surface area (TPSA) is 27.8 Å². The van der Waals surface area contributed by atoms with Crippen molar-refractivity contribution >= 4 is 10.9 Å². The van der Waals surface area contributed by atoms with Crippen molar-refractivity contribution in [3.8, 4) is 0 Å². The molecule has 2 N–H and O–H groups in total. The van der Waals surface area contributed by atoms with E-state index in [0.717, 1.165) is 19.4 Å². The fourth-order valence-electron chi connectivity index (χ4n) is 2.15. The molecule has 0 aliphatic carbocycles. The zero-order valence-electron chi connectivity index (χ0n) is 11.0. The Morgan fingerprint density at radius 1 is 1.29 bits per heavy atom. The number of hydrogen-bond acceptors (Lipinski definition) is 1. The maximum absolute atomic E-state index is 3.46. The molecule has 17 heavy (non-hydrogen) atoms. The van der Waals surface area contributed by atoms with E-state index in [1.807, 2.05) is 0 Å². The van der Waals surface area contributed by atoms with Gasteiger partial charge in [-0.15, -0.1) is 0 Å². The fourth-order valence-corrected chi connectivity index (χ4v) is 2.15. The van der Waals surface area contributed by atoms with Gasteiger partial charge in [0.05, 0.1) is 0 Å². The van der Waals surface area contributed by atoms with E-state index in [2.05, 4.69) is 55.5 Å². The lowest BCUT2D eigenvalue weighted by Gasteiger charge is -2.07. The van der Waals surface area contributed by atoms with E-state index < -0.39 is 0 Å². The molecule has 0 saturated heterocycles. The smallest absolute Gasteiger partial charge is 0.0456 e. The summed E-state index contributed by atoms with van der Waals surface area (Å²) in [6, 6.07) is 7.27. The molecule has 2 aromatic rings. The third kappa shape index (κ3) is 2.89. The Balaban J connectivity index is 2.16. The first kappa shape index (κ1) is 12.2. The van der Waals surface area contributed by atoms with Crippen LogP contribution in [0.3, 0.4) is 0 Å². The van der Waals surface area contributed by atoms with Crippen LogP contribution in [0.25, 0.3) is 10.9 Å². The van der Waals surface area contributed by atoms with Gasteiger partial charge in [-0.2, -0.15) is 0 Å². The second kappa shape index (κ2) is 5.37. The Morgan fingerprint density at radius 2 is 2.12 bits per heavy atom. The molecule has 92 valence electrons. The summed E-state index contributed by atoms with van der Waals surface area (Å²) in [6.45, 7) is 7.61. The Bertz CT molecular complexity index is 483. The van der Waals surface area contributed by atoms with Crippen molar-refractivity contribution in [1.29, 1.82) is 0 Å². The van der Waals surface area contributed by atoms with Crippen molar-refractivity contribution in [3.05, 3.63) is 35.5 Å². The van der Waals surface area contributed by atoms with Crippen molar-refractivity contribution in [2.45, 2.75) is 39.7 Å². The van der Waals surface area contributed by atoms with Gasteiger partial charge in [0.15, 0.2) is 0 Å². The summed E-state index contributed by atoms with van der Waals surface area (Å²) in [6.07, 6.45) is 4.34. The molecule has 0 radical (unpaired) electrons. The maximum Gasteiger partial charge on any atom is 0.0456 e. The average Bonchev–Trinajstić information content (AvgIpc) is 2.71. The molecule has 0 aliphatic rings. The highest BCUT2D eigenvalue weighted by Gasteiger charge is 2.04. The normalized spacial score (nSPS) is 11.5. The summed E-state index contributed by atoms with van der Waals surface area (Å²) < 4.78 is 0. The minimum atomic E-state index is 0.561. The van der Waals surface area contributed by atoms with Crippen LogP contribution in [0.15, 0.2) is 24.4 Å². The molecule has 0 fully saturated rings. The Kier molecular flexibility index (Phi) is 3.85. The lowest BCUT2D eigenvalue weighted by Crippen LogP contribution is -2.24. The largest absolute Gasteiger partial charge is 0.361 e. The zero-order chi connectivity index (χ0) is 12.3. The molecule has 1 aromatic heterocycles. The van der Waals surface area contributed by atoms with Crippen LogP contribution in [0.1, 0.15) is 31.9 Å². The van der Waals surface area contributed by atoms with Gasteiger partial charge in [-0.25, -0.2) is 0 Å². The number of rotatable bonds is 5. The molecule has 2 nitrogen and oxygen atoms in total. The fraction of sp³-hybridized carbons (Fsp3) is 0.467. The van der Waals surface area contributed by atoms with E-state index in [1.165, 1.54) is 22.0 Å². The Hall–Kier alpha value is -1.28. The predicted molar refractivity (Wildman–Crippen MR) is 74.5 cm³/mol. The number of hydrogen-bond donors (Lipinski definition) is 2. The van der Waals surface area contributed by atoms with Crippen LogP contribution in [0.4, 0.5) is 0 Å². The van der Waals surface area contributed by atoms with Crippen LogP contribution in [0.2, 0.25) is 0 Å². The summed E-state index contributed by atoms with van der Waals surface area (Å²) in [4.78, 5) is 3.35. The lowest BCUT2D eigenvalue weighted by molar-refractivity contribution is 0.591. The lowest BCUT2D eigenvalue weighted by atomic mass is 10.1. The van der Waals surface area contributed by atoms with E-state index in [1.54, 1.807) is 0 Å². The summed E-state index contributed by atoms with van der Waals surface area (Å²) in [5.41, 5.74) is 4.08. The molecule has 0 bridgehead atoms. The molecule has 0 atom stereocenters. The van der Waals surface area contributed by atoms with Crippen molar-refractivity contribution in [2.24, 2.45) is 0 Å². The van der Waals surface area contributed by atoms with Gasteiger partial charge in [0.25, 0.3) is 0 Å². The van der Waals surface area contributed by atoms with E-state index in [-0.39, 0.29) is 0 Å². The average molecular weight is 230 g/mol. The van der Waals surface area contributed by atoms with Crippen molar-refractivity contribution < 1.29 is 0 Å². The van der Waals surface area contributed by atoms with E-state index in [0.29, 0.717) is 6.04 Å². The number of H-pyrrole nitrogens is 1. The first-order valence-corrected chi connectivity index (χ1v) is 6.53. The maximum atomic E-state index is 3.46. The number of aryl methyl sites for hydroxylation is 1. The van der Waals surface area contributed by atoms with Crippen LogP contribution in [0.5, 0.6) is 0 Å². The summed E-state index contributed by atoms with van der Waals surface area (Å²) >= 11 is 0. The SMILES string of the molecule is CCc1ccc2[nH]cc(CCNC(C)C)c2c1. The molecule has 2 rings (SSSR count). The van der Waals surface area contributed by atoms with Crippen molar-refractivity contribution in [2.75, 3.05) is 6.54 Å². The minimum absolute atomic E-state index is 0.561. The van der Waals surface area contributed by atoms with Crippen molar-refractivity contribution in [3.63, 3.8) is 0 Å². The first-order chi connectivity index (χ1) is 8.20. The van der Waals surface area contributed by atoms with Gasteiger partial charge in [-0.3, -0.25) is 0 Å². The van der Waals surface area contributed by atoms with Crippen LogP contribution in [0, 0.1) is 0 Å². The summed E-state index contributed by atoms with van der Waals surface area (Å²) in [7, 11) is 0. The highest BCUT2D eigenvalue weighted by molar-refractivity contribution is 5.83. The number of fused-ring (bicyclic) bond motifs is 1. The van der Waals surface area contributed by atoms with Crippen LogP contribution in [-0.4, -0.2) is 17.6 Å². The molecule has 0 saturated carbocycles. The van der Waals surface area contributed by atoms with Gasteiger partial charge in [0, 0.05) is 23.1 Å². The van der Waals surface area contributed by atoms with E-state index in [9.17, 15) is 0 Å². The standard InChI is InChI=1S/C15H22N2/c1-4-12-5-6-15-14(9-12)13(10-17-15)7-8-16-11(2)3/h5-6,9-11,16-17H,4,7-8H2,1-3H3. The second-order valence-corrected chi connectivity index (χ2v) is 4.91. The third-order valence-corrected chi connectivity index (χ3v) is 3.19. The van der Waals surface area contributed by atoms with Gasteiger partial charge in [-0.1, -0.05) is 26.8 Å². The first-order valence-electron chi connectivity index (χ1n) is 6.53. The predicted octanol–water partition coefficient (Wildman–Crippen LogP) is 3.27. The quantitative estimate of drug-likeness (QED) is 0.810. The molecular weight excluding hydrogens is 208 g/mol. The molecule has 0 amide bonds. The molecular formula is C15H22N2. The van der Waals surface area contributed by atoms with Crippen molar-refractivity contribution in [1.82, 2.24) is 10.3 Å². The highest BCUT2D eigenvalue weighted by Crippen LogP contribution is 2.20. The number of benzene rings is 1. The summed E-state index contributed by atoms with van der Waals surface area (Å²) in [5, 5.41) is 4.85. The molecule has 2 heteroatoms. The zero-order valence-corrected chi connectivity index (χ0v) is 11.0. The van der Waals surface area contributed by atoms with Gasteiger partial charge in [-0.05, 0) is 42.6 Å². The monoisotopic (exact) mass is 230 g/mol. The molecule has 0 unspecified atom stereocenters. The highest BCUT2D eigenvalue weighted by atomic mass is 14.9. The second-order valence-electron chi connectivity index (χ2n) is 4.91. The Morgan fingerprint density at radius 3 is 2.82 bits per heavy atom. The van der Waals surface area contributed by atoms with Crippen LogP contribution >= 0.6 is 0 Å². The van der Waals surface area contributed by atoms with Gasteiger partial charge in [0.2, 0.25) is 0 Å². The van der Waals surface area contributed by atoms with Gasteiger partial charge < -0.3 is 10.3 Å². The summed E-state index contributed by atoms with van der Waals surface area (Å²) in [5.74, 6) is 0. The van der Waals surface area contributed by atoms with Crippen LogP contribution < -0.4 is 5.32 Å². The van der Waals surface area contributed by atoms with Crippen LogP contribution in [-0.2, 0) is 12.8 Å².